The first-order chi connectivity index (χ1) is 6.75. The van der Waals surface area contributed by atoms with E-state index in [-0.39, 0.29) is 11.9 Å². The lowest BCUT2D eigenvalue weighted by Gasteiger charge is -2.22. The van der Waals surface area contributed by atoms with Gasteiger partial charge in [0.1, 0.15) is 0 Å². The first kappa shape index (κ1) is 11.5. The van der Waals surface area contributed by atoms with Crippen LogP contribution in [0.2, 0.25) is 0 Å². The molecule has 1 unspecified atom stereocenters. The van der Waals surface area contributed by atoms with Crippen molar-refractivity contribution in [3.63, 3.8) is 0 Å². The van der Waals surface area contributed by atoms with E-state index in [0.717, 1.165) is 39.0 Å². The normalized spacial score (nSPS) is 23.7. The molecule has 0 aromatic heterocycles. The van der Waals surface area contributed by atoms with Crippen LogP contribution in [0.4, 0.5) is 0 Å². The number of hydrogen-bond acceptors (Lipinski definition) is 3. The number of carbonyl (C=O) groups is 1. The van der Waals surface area contributed by atoms with Crippen LogP contribution in [0.5, 0.6) is 0 Å². The lowest BCUT2D eigenvalue weighted by atomic mass is 10.3. The summed E-state index contributed by atoms with van der Waals surface area (Å²) in [5.74, 6) is 0.249. The van der Waals surface area contributed by atoms with Crippen LogP contribution in [0.15, 0.2) is 0 Å². The number of carbonyl (C=O) groups excluding carboxylic acids is 1. The van der Waals surface area contributed by atoms with Gasteiger partial charge in [0.05, 0.1) is 6.04 Å². The van der Waals surface area contributed by atoms with Crippen molar-refractivity contribution < 1.29 is 4.79 Å². The zero-order chi connectivity index (χ0) is 10.4. The van der Waals surface area contributed by atoms with Crippen LogP contribution in [0.3, 0.4) is 0 Å². The van der Waals surface area contributed by atoms with E-state index in [9.17, 15) is 4.79 Å². The van der Waals surface area contributed by atoms with Gasteiger partial charge in [-0.2, -0.15) is 0 Å². The smallest absolute Gasteiger partial charge is 0.239 e. The van der Waals surface area contributed by atoms with Gasteiger partial charge in [0, 0.05) is 13.1 Å². The Bertz CT molecular complexity index is 184. The average molecular weight is 199 g/mol. The van der Waals surface area contributed by atoms with Crippen LogP contribution >= 0.6 is 0 Å². The molecular formula is C10H21N3O. The van der Waals surface area contributed by atoms with E-state index in [1.54, 1.807) is 0 Å². The lowest BCUT2D eigenvalue weighted by Crippen LogP contribution is -2.42. The van der Waals surface area contributed by atoms with Gasteiger partial charge in [-0.05, 0) is 39.9 Å². The van der Waals surface area contributed by atoms with Crippen LogP contribution in [0.1, 0.15) is 19.8 Å². The summed E-state index contributed by atoms with van der Waals surface area (Å²) in [6.07, 6.45) is 2.10. The molecule has 1 saturated heterocycles. The Morgan fingerprint density at radius 3 is 3.14 bits per heavy atom. The van der Waals surface area contributed by atoms with Crippen molar-refractivity contribution in [2.75, 3.05) is 33.2 Å². The van der Waals surface area contributed by atoms with Gasteiger partial charge in [0.25, 0.3) is 0 Å². The molecule has 1 heterocycles. The topological polar surface area (TPSA) is 44.4 Å². The average Bonchev–Trinajstić information content (AvgIpc) is 2.33. The summed E-state index contributed by atoms with van der Waals surface area (Å²) in [6.45, 7) is 5.66. The first-order valence-corrected chi connectivity index (χ1v) is 5.42. The van der Waals surface area contributed by atoms with Crippen molar-refractivity contribution in [1.82, 2.24) is 15.5 Å². The highest BCUT2D eigenvalue weighted by Gasteiger charge is 2.21. The Labute approximate surface area is 86.0 Å². The van der Waals surface area contributed by atoms with Crippen LogP contribution in [0, 0.1) is 0 Å². The van der Waals surface area contributed by atoms with E-state index < -0.39 is 0 Å². The van der Waals surface area contributed by atoms with Crippen molar-refractivity contribution in [1.29, 1.82) is 0 Å². The van der Waals surface area contributed by atoms with Gasteiger partial charge >= 0.3 is 0 Å². The lowest BCUT2D eigenvalue weighted by molar-refractivity contribution is -0.132. The first-order valence-electron chi connectivity index (χ1n) is 5.42. The minimum absolute atomic E-state index is 0.00733. The summed E-state index contributed by atoms with van der Waals surface area (Å²) in [7, 11) is 1.94. The zero-order valence-electron chi connectivity index (χ0n) is 9.18. The number of rotatable bonds is 4. The number of nitrogens with one attached hydrogen (secondary N) is 2. The molecule has 2 N–H and O–H groups in total. The predicted octanol–water partition coefficient (Wildman–Crippen LogP) is -0.194. The number of nitrogens with zero attached hydrogens (tertiary/aromatic N) is 1. The van der Waals surface area contributed by atoms with E-state index >= 15 is 0 Å². The summed E-state index contributed by atoms with van der Waals surface area (Å²) in [4.78, 5) is 13.8. The third kappa shape index (κ3) is 3.27. The fourth-order valence-electron chi connectivity index (χ4n) is 1.73. The van der Waals surface area contributed by atoms with Crippen LogP contribution in [-0.4, -0.2) is 50.1 Å². The van der Waals surface area contributed by atoms with E-state index in [1.165, 1.54) is 0 Å². The second kappa shape index (κ2) is 5.98. The van der Waals surface area contributed by atoms with E-state index in [2.05, 4.69) is 10.6 Å². The van der Waals surface area contributed by atoms with Gasteiger partial charge in [0.2, 0.25) is 5.91 Å². The largest absolute Gasteiger partial charge is 0.341 e. The maximum Gasteiger partial charge on any atom is 0.239 e. The van der Waals surface area contributed by atoms with Crippen LogP contribution in [0.25, 0.3) is 0 Å². The summed E-state index contributed by atoms with van der Waals surface area (Å²) >= 11 is 0. The molecule has 1 aliphatic rings. The molecule has 0 saturated carbocycles. The molecule has 1 fully saturated rings. The fourth-order valence-corrected chi connectivity index (χ4v) is 1.73. The second-order valence-corrected chi connectivity index (χ2v) is 3.81. The molecule has 1 amide bonds. The molecule has 0 aromatic rings. The third-order valence-electron chi connectivity index (χ3n) is 2.59. The molecule has 14 heavy (non-hydrogen) atoms. The molecule has 0 aliphatic carbocycles. The third-order valence-corrected chi connectivity index (χ3v) is 2.59. The Kier molecular flexibility index (Phi) is 4.90. The minimum Gasteiger partial charge on any atom is -0.341 e. The van der Waals surface area contributed by atoms with Gasteiger partial charge in [0.15, 0.2) is 0 Å². The zero-order valence-corrected chi connectivity index (χ0v) is 9.18. The maximum absolute atomic E-state index is 11.8. The molecule has 0 bridgehead atoms. The second-order valence-electron chi connectivity index (χ2n) is 3.81. The van der Waals surface area contributed by atoms with E-state index in [4.69, 9.17) is 0 Å². The molecule has 0 radical (unpaired) electrons. The Hall–Kier alpha value is -0.610. The van der Waals surface area contributed by atoms with Crippen molar-refractivity contribution in [2.24, 2.45) is 0 Å². The van der Waals surface area contributed by atoms with Crippen molar-refractivity contribution in [3.8, 4) is 0 Å². The highest BCUT2D eigenvalue weighted by Crippen LogP contribution is 2.02. The standard InChI is InChI=1S/C10H21N3O/c1-9-10(14)13(7-3-5-11-2)8-4-6-12-9/h9,11-12H,3-8H2,1-2H3. The van der Waals surface area contributed by atoms with Gasteiger partial charge < -0.3 is 15.5 Å². The summed E-state index contributed by atoms with van der Waals surface area (Å²) in [6, 6.07) is -0.00733. The van der Waals surface area contributed by atoms with Gasteiger partial charge in [-0.15, -0.1) is 0 Å². The Morgan fingerprint density at radius 1 is 1.64 bits per heavy atom. The predicted molar refractivity (Wildman–Crippen MR) is 57.2 cm³/mol. The van der Waals surface area contributed by atoms with Crippen molar-refractivity contribution in [2.45, 2.75) is 25.8 Å². The van der Waals surface area contributed by atoms with Crippen molar-refractivity contribution >= 4 is 5.91 Å². The molecule has 4 heteroatoms. The molecular weight excluding hydrogens is 178 g/mol. The fraction of sp³-hybridized carbons (Fsp3) is 0.900. The molecule has 4 nitrogen and oxygen atoms in total. The molecule has 1 rings (SSSR count). The maximum atomic E-state index is 11.8. The van der Waals surface area contributed by atoms with Gasteiger partial charge in [-0.25, -0.2) is 0 Å². The van der Waals surface area contributed by atoms with Crippen LogP contribution < -0.4 is 10.6 Å². The van der Waals surface area contributed by atoms with E-state index in [0.29, 0.717) is 0 Å². The Balaban J connectivity index is 2.36. The molecule has 82 valence electrons. The van der Waals surface area contributed by atoms with Gasteiger partial charge in [-0.3, -0.25) is 4.79 Å². The van der Waals surface area contributed by atoms with Crippen molar-refractivity contribution in [3.05, 3.63) is 0 Å². The monoisotopic (exact) mass is 199 g/mol. The molecule has 1 atom stereocenters. The van der Waals surface area contributed by atoms with Gasteiger partial charge in [-0.1, -0.05) is 0 Å². The molecule has 0 aromatic carbocycles. The number of hydrogen-bond donors (Lipinski definition) is 2. The Morgan fingerprint density at radius 2 is 2.43 bits per heavy atom. The quantitative estimate of drug-likeness (QED) is 0.617. The summed E-state index contributed by atoms with van der Waals surface area (Å²) in [5.41, 5.74) is 0. The highest BCUT2D eigenvalue weighted by molar-refractivity contribution is 5.81. The summed E-state index contributed by atoms with van der Waals surface area (Å²) in [5, 5.41) is 6.30. The number of amides is 1. The van der Waals surface area contributed by atoms with Crippen LogP contribution in [-0.2, 0) is 4.79 Å². The SMILES string of the molecule is CNCCCN1CCCNC(C)C1=O. The minimum atomic E-state index is -0.00733. The molecule has 1 aliphatic heterocycles. The summed E-state index contributed by atoms with van der Waals surface area (Å²) < 4.78 is 0. The molecule has 0 spiro atoms. The van der Waals surface area contributed by atoms with E-state index in [1.807, 2.05) is 18.9 Å². The highest BCUT2D eigenvalue weighted by atomic mass is 16.2.